The molecule has 1 radical (unpaired) electrons. The number of hydrogen-bond acceptors (Lipinski definition) is 4. The molecule has 1 aliphatic carbocycles. The quantitative estimate of drug-likeness (QED) is 0.619. The highest BCUT2D eigenvalue weighted by Gasteiger charge is 2.25. The molecule has 1 unspecified atom stereocenters. The molecule has 2 rings (SSSR count). The number of aliphatic carboxylic acids is 2. The summed E-state index contributed by atoms with van der Waals surface area (Å²) in [7, 11) is 0. The minimum absolute atomic E-state index is 0.223. The average Bonchev–Trinajstić information content (AvgIpc) is 2.63. The molecule has 0 aromatic heterocycles. The van der Waals surface area contributed by atoms with Gasteiger partial charge >= 0.3 is 11.9 Å². The largest absolute Gasteiger partial charge is 0.480 e. The molecule has 1 saturated carbocycles. The first-order valence-electron chi connectivity index (χ1n) is 8.09. The monoisotopic (exact) mass is 347 g/mol. The van der Waals surface area contributed by atoms with Crippen LogP contribution in [-0.4, -0.2) is 28.2 Å². The highest BCUT2D eigenvalue weighted by Crippen LogP contribution is 2.25. The first-order chi connectivity index (χ1) is 11.8. The molecule has 0 amide bonds. The lowest BCUT2D eigenvalue weighted by Gasteiger charge is -2.24. The van der Waals surface area contributed by atoms with Crippen LogP contribution in [0, 0.1) is 25.2 Å². The first kappa shape index (κ1) is 22.6. The molecule has 6 heteroatoms. The SMILES string of the molecule is C#C[CH2].NC(C(=O)O)C1CCCCC1.N[C@H](C(=O)O)c1ccccc1. The summed E-state index contributed by atoms with van der Waals surface area (Å²) >= 11 is 0. The zero-order chi connectivity index (χ0) is 19.2. The number of rotatable bonds is 4. The molecule has 1 aromatic carbocycles. The van der Waals surface area contributed by atoms with Crippen LogP contribution in [0.2, 0.25) is 0 Å². The van der Waals surface area contributed by atoms with Crippen molar-refractivity contribution in [1.82, 2.24) is 0 Å². The maximum atomic E-state index is 10.5. The Hall–Kier alpha value is -2.36. The third-order valence-electron chi connectivity index (χ3n) is 3.87. The van der Waals surface area contributed by atoms with E-state index in [4.69, 9.17) is 21.7 Å². The summed E-state index contributed by atoms with van der Waals surface area (Å²) in [6.45, 7) is 3.01. The summed E-state index contributed by atoms with van der Waals surface area (Å²) in [6, 6.07) is 7.19. The molecule has 0 saturated heterocycles. The van der Waals surface area contributed by atoms with Crippen LogP contribution in [0.25, 0.3) is 0 Å². The van der Waals surface area contributed by atoms with Gasteiger partial charge in [-0.15, -0.1) is 12.3 Å². The molecule has 1 fully saturated rings. The Morgan fingerprint density at radius 1 is 1.08 bits per heavy atom. The molecule has 25 heavy (non-hydrogen) atoms. The van der Waals surface area contributed by atoms with Crippen molar-refractivity contribution in [2.24, 2.45) is 17.4 Å². The Kier molecular flexibility index (Phi) is 11.8. The zero-order valence-corrected chi connectivity index (χ0v) is 14.3. The van der Waals surface area contributed by atoms with E-state index in [0.29, 0.717) is 5.56 Å². The fraction of sp³-hybridized carbons (Fsp3) is 0.421. The maximum absolute atomic E-state index is 10.5. The Morgan fingerprint density at radius 2 is 1.56 bits per heavy atom. The van der Waals surface area contributed by atoms with Crippen molar-refractivity contribution in [3.8, 4) is 12.3 Å². The van der Waals surface area contributed by atoms with E-state index >= 15 is 0 Å². The third kappa shape index (κ3) is 9.50. The molecule has 0 aliphatic heterocycles. The lowest BCUT2D eigenvalue weighted by molar-refractivity contribution is -0.140. The second-order valence-corrected chi connectivity index (χ2v) is 5.69. The normalized spacial score (nSPS) is 15.9. The van der Waals surface area contributed by atoms with Gasteiger partial charge in [0.2, 0.25) is 0 Å². The van der Waals surface area contributed by atoms with E-state index in [9.17, 15) is 9.59 Å². The van der Waals surface area contributed by atoms with Crippen LogP contribution in [0.3, 0.4) is 0 Å². The lowest BCUT2D eigenvalue weighted by Crippen LogP contribution is -2.38. The van der Waals surface area contributed by atoms with E-state index in [-0.39, 0.29) is 5.92 Å². The second-order valence-electron chi connectivity index (χ2n) is 5.69. The van der Waals surface area contributed by atoms with Crippen molar-refractivity contribution in [2.45, 2.75) is 44.2 Å². The van der Waals surface area contributed by atoms with E-state index in [1.165, 1.54) is 6.42 Å². The van der Waals surface area contributed by atoms with Crippen LogP contribution in [0.15, 0.2) is 30.3 Å². The van der Waals surface area contributed by atoms with Gasteiger partial charge in [-0.3, -0.25) is 9.59 Å². The minimum atomic E-state index is -1.00. The van der Waals surface area contributed by atoms with Crippen molar-refractivity contribution in [1.29, 1.82) is 0 Å². The van der Waals surface area contributed by atoms with Gasteiger partial charge in [-0.2, -0.15) is 0 Å². The zero-order valence-electron chi connectivity index (χ0n) is 14.3. The topological polar surface area (TPSA) is 127 Å². The van der Waals surface area contributed by atoms with E-state index < -0.39 is 24.0 Å². The number of carboxylic acid groups (broad SMARTS) is 2. The van der Waals surface area contributed by atoms with Gasteiger partial charge in [-0.05, 0) is 24.3 Å². The van der Waals surface area contributed by atoms with Crippen molar-refractivity contribution < 1.29 is 19.8 Å². The van der Waals surface area contributed by atoms with Crippen molar-refractivity contribution in [3.63, 3.8) is 0 Å². The number of carbonyl (C=O) groups is 2. The van der Waals surface area contributed by atoms with Crippen LogP contribution in [-0.2, 0) is 9.59 Å². The highest BCUT2D eigenvalue weighted by atomic mass is 16.4. The predicted molar refractivity (Wildman–Crippen MR) is 97.4 cm³/mol. The predicted octanol–water partition coefficient (Wildman–Crippen LogP) is 2.20. The Morgan fingerprint density at radius 3 is 1.96 bits per heavy atom. The van der Waals surface area contributed by atoms with Crippen LogP contribution in [0.1, 0.15) is 43.7 Å². The molecule has 1 aliphatic rings. The van der Waals surface area contributed by atoms with Crippen LogP contribution in [0.5, 0.6) is 0 Å². The molecule has 0 spiro atoms. The Bertz CT molecular complexity index is 548. The molecule has 0 bridgehead atoms. The third-order valence-corrected chi connectivity index (χ3v) is 3.87. The number of hydrogen-bond donors (Lipinski definition) is 4. The lowest BCUT2D eigenvalue weighted by atomic mass is 9.84. The Balaban J connectivity index is 0.000000399. The van der Waals surface area contributed by atoms with Crippen molar-refractivity contribution >= 4 is 11.9 Å². The van der Waals surface area contributed by atoms with Crippen LogP contribution in [0.4, 0.5) is 0 Å². The van der Waals surface area contributed by atoms with Gasteiger partial charge < -0.3 is 21.7 Å². The fourth-order valence-electron chi connectivity index (χ4n) is 2.50. The summed E-state index contributed by atoms with van der Waals surface area (Å²) in [5.41, 5.74) is 11.5. The molecule has 137 valence electrons. The second kappa shape index (κ2) is 13.0. The maximum Gasteiger partial charge on any atom is 0.325 e. The highest BCUT2D eigenvalue weighted by molar-refractivity contribution is 5.75. The van der Waals surface area contributed by atoms with Gasteiger partial charge in [0.15, 0.2) is 0 Å². The molecular formula is C19H27N2O4. The molecule has 2 atom stereocenters. The number of terminal acetylenes is 1. The van der Waals surface area contributed by atoms with E-state index in [1.807, 2.05) is 12.0 Å². The smallest absolute Gasteiger partial charge is 0.325 e. The van der Waals surface area contributed by atoms with Gasteiger partial charge in [0.1, 0.15) is 12.1 Å². The van der Waals surface area contributed by atoms with E-state index in [1.54, 1.807) is 24.3 Å². The average molecular weight is 347 g/mol. The van der Waals surface area contributed by atoms with Gasteiger partial charge in [-0.1, -0.05) is 49.6 Å². The standard InChI is InChI=1S/C8H15NO2.C8H9NO2.C3H3/c2*9-7(8(10)11)6-4-2-1-3-5-6;1-3-2/h6-7H,1-5,9H2,(H,10,11);1-5,7H,9H2,(H,10,11);1H,2H2/t;7-;/m.0./s1. The van der Waals surface area contributed by atoms with Gasteiger partial charge in [0.25, 0.3) is 0 Å². The van der Waals surface area contributed by atoms with Crippen LogP contribution >= 0.6 is 0 Å². The van der Waals surface area contributed by atoms with Gasteiger partial charge in [0, 0.05) is 6.92 Å². The minimum Gasteiger partial charge on any atom is -0.480 e. The number of nitrogens with two attached hydrogens (primary N) is 2. The molecule has 1 aromatic rings. The summed E-state index contributed by atoms with van der Waals surface area (Å²) in [4.78, 5) is 20.8. The molecule has 6 N–H and O–H groups in total. The van der Waals surface area contributed by atoms with E-state index in [2.05, 4.69) is 13.3 Å². The van der Waals surface area contributed by atoms with Crippen molar-refractivity contribution in [3.05, 3.63) is 42.8 Å². The summed E-state index contributed by atoms with van der Waals surface area (Å²) in [5.74, 6) is 0.370. The van der Waals surface area contributed by atoms with Crippen LogP contribution < -0.4 is 11.5 Å². The number of benzene rings is 1. The van der Waals surface area contributed by atoms with Gasteiger partial charge in [0.05, 0.1) is 0 Å². The van der Waals surface area contributed by atoms with Gasteiger partial charge in [-0.25, -0.2) is 0 Å². The summed E-state index contributed by atoms with van der Waals surface area (Å²) < 4.78 is 0. The summed E-state index contributed by atoms with van der Waals surface area (Å²) in [6.07, 6.45) is 10.0. The molecule has 0 heterocycles. The number of carboxylic acids is 2. The van der Waals surface area contributed by atoms with E-state index in [0.717, 1.165) is 25.7 Å². The van der Waals surface area contributed by atoms with Crippen molar-refractivity contribution in [2.75, 3.05) is 0 Å². The summed E-state index contributed by atoms with van der Waals surface area (Å²) in [5, 5.41) is 17.1. The molecular weight excluding hydrogens is 320 g/mol. The first-order valence-corrected chi connectivity index (χ1v) is 8.09. The molecule has 6 nitrogen and oxygen atoms in total. The Labute approximate surface area is 149 Å². The fourth-order valence-corrected chi connectivity index (χ4v) is 2.50.